The normalized spacial score (nSPS) is 11.8. The highest BCUT2D eigenvalue weighted by atomic mass is 35.5. The van der Waals surface area contributed by atoms with Gasteiger partial charge in [-0.1, -0.05) is 11.6 Å². The van der Waals surface area contributed by atoms with Crippen LogP contribution >= 0.6 is 11.6 Å². The number of rotatable bonds is 3. The Bertz CT molecular complexity index is 470. The van der Waals surface area contributed by atoms with E-state index in [9.17, 15) is 26.7 Å². The Morgan fingerprint density at radius 1 is 1.33 bits per heavy atom. The zero-order valence-electron chi connectivity index (χ0n) is 8.82. The van der Waals surface area contributed by atoms with Gasteiger partial charge in [0.15, 0.2) is 5.78 Å². The number of halogens is 6. The predicted molar refractivity (Wildman–Crippen MR) is 53.1 cm³/mol. The van der Waals surface area contributed by atoms with Crippen LogP contribution in [0.1, 0.15) is 22.8 Å². The molecule has 2 nitrogen and oxygen atoms in total. The summed E-state index contributed by atoms with van der Waals surface area (Å²) in [6.07, 6.45) is -4.94. The highest BCUT2D eigenvalue weighted by Crippen LogP contribution is 2.42. The van der Waals surface area contributed by atoms with Gasteiger partial charge < -0.3 is 4.74 Å². The maximum atomic E-state index is 12.7. The maximum Gasteiger partial charge on any atom is 0.418 e. The molecule has 0 aliphatic rings. The van der Waals surface area contributed by atoms with Crippen molar-refractivity contribution in [3.05, 3.63) is 28.3 Å². The Labute approximate surface area is 103 Å². The molecule has 1 aromatic rings. The molecule has 1 rings (SSSR count). The summed E-state index contributed by atoms with van der Waals surface area (Å²) in [6, 6.07) is 1.54. The minimum Gasteiger partial charge on any atom is -0.433 e. The Hall–Kier alpha value is -1.37. The van der Waals surface area contributed by atoms with Crippen molar-refractivity contribution in [3.8, 4) is 5.75 Å². The summed E-state index contributed by atoms with van der Waals surface area (Å²) in [5.41, 5.74) is -2.18. The van der Waals surface area contributed by atoms with Crippen molar-refractivity contribution in [2.75, 3.05) is 0 Å². The molecule has 0 amide bonds. The smallest absolute Gasteiger partial charge is 0.418 e. The molecular weight excluding hydrogens is 283 g/mol. The van der Waals surface area contributed by atoms with E-state index in [1.807, 2.05) is 0 Å². The lowest BCUT2D eigenvalue weighted by Crippen LogP contribution is -2.14. The zero-order valence-corrected chi connectivity index (χ0v) is 9.57. The highest BCUT2D eigenvalue weighted by molar-refractivity contribution is 6.33. The van der Waals surface area contributed by atoms with E-state index in [4.69, 9.17) is 11.6 Å². The number of benzene rings is 1. The molecule has 0 aromatic heterocycles. The molecule has 0 atom stereocenters. The van der Waals surface area contributed by atoms with Crippen LogP contribution in [0.25, 0.3) is 0 Å². The third-order valence-electron chi connectivity index (χ3n) is 1.99. The summed E-state index contributed by atoms with van der Waals surface area (Å²) < 4.78 is 65.9. The van der Waals surface area contributed by atoms with Gasteiger partial charge in [0.05, 0.1) is 10.6 Å². The van der Waals surface area contributed by atoms with Crippen LogP contribution in [0.3, 0.4) is 0 Å². The van der Waals surface area contributed by atoms with Crippen LogP contribution in [0.2, 0.25) is 5.02 Å². The molecule has 0 unspecified atom stereocenters. The third kappa shape index (κ3) is 3.10. The molecule has 0 saturated carbocycles. The standard InChI is InChI=1S/C10H6ClF5O2/c1-4(17)5-2-3-6(18-9(12)13)8(11)7(5)10(14,15)16/h2-3,9H,1H3. The monoisotopic (exact) mass is 288 g/mol. The minimum atomic E-state index is -4.94. The lowest BCUT2D eigenvalue weighted by molar-refractivity contribution is -0.138. The van der Waals surface area contributed by atoms with Crippen LogP contribution in [0, 0.1) is 0 Å². The lowest BCUT2D eigenvalue weighted by Gasteiger charge is -2.15. The van der Waals surface area contributed by atoms with Crippen LogP contribution in [0.5, 0.6) is 5.75 Å². The van der Waals surface area contributed by atoms with E-state index in [2.05, 4.69) is 4.74 Å². The van der Waals surface area contributed by atoms with E-state index < -0.39 is 40.5 Å². The maximum absolute atomic E-state index is 12.7. The molecule has 8 heteroatoms. The van der Waals surface area contributed by atoms with Gasteiger partial charge in [-0.15, -0.1) is 0 Å². The van der Waals surface area contributed by atoms with Gasteiger partial charge in [0.25, 0.3) is 0 Å². The number of carbonyl (C=O) groups excluding carboxylic acids is 1. The molecule has 0 saturated heterocycles. The summed E-state index contributed by atoms with van der Waals surface area (Å²) in [5, 5.41) is -1.06. The topological polar surface area (TPSA) is 26.3 Å². The fraction of sp³-hybridized carbons (Fsp3) is 0.300. The Balaban J connectivity index is 3.45. The fourth-order valence-electron chi connectivity index (χ4n) is 1.31. The van der Waals surface area contributed by atoms with Crippen molar-refractivity contribution < 1.29 is 31.5 Å². The molecule has 0 heterocycles. The first-order valence-corrected chi connectivity index (χ1v) is 4.87. The van der Waals surface area contributed by atoms with Crippen LogP contribution in [-0.4, -0.2) is 12.4 Å². The molecule has 0 bridgehead atoms. The first-order valence-electron chi connectivity index (χ1n) is 4.50. The first-order chi connectivity index (χ1) is 8.14. The quantitative estimate of drug-likeness (QED) is 0.616. The lowest BCUT2D eigenvalue weighted by atomic mass is 10.0. The summed E-state index contributed by atoms with van der Waals surface area (Å²) in [7, 11) is 0. The number of hydrogen-bond acceptors (Lipinski definition) is 2. The number of carbonyl (C=O) groups is 1. The molecular formula is C10H6ClF5O2. The summed E-state index contributed by atoms with van der Waals surface area (Å²) >= 11 is 5.36. The van der Waals surface area contributed by atoms with Gasteiger partial charge >= 0.3 is 12.8 Å². The van der Waals surface area contributed by atoms with E-state index in [-0.39, 0.29) is 0 Å². The van der Waals surface area contributed by atoms with Gasteiger partial charge in [-0.3, -0.25) is 4.79 Å². The van der Waals surface area contributed by atoms with Gasteiger partial charge in [0.2, 0.25) is 0 Å². The predicted octanol–water partition coefficient (Wildman–Crippen LogP) is 4.16. The van der Waals surface area contributed by atoms with Gasteiger partial charge in [0.1, 0.15) is 5.75 Å². The number of ketones is 1. The Morgan fingerprint density at radius 2 is 1.89 bits per heavy atom. The SMILES string of the molecule is CC(=O)c1ccc(OC(F)F)c(Cl)c1C(F)(F)F. The molecule has 0 spiro atoms. The van der Waals surface area contributed by atoms with E-state index in [1.165, 1.54) is 0 Å². The number of ether oxygens (including phenoxy) is 1. The average Bonchev–Trinajstić information content (AvgIpc) is 2.17. The molecule has 1 aromatic carbocycles. The number of Topliss-reactive ketones (excluding diaryl/α,β-unsaturated/α-hetero) is 1. The molecule has 0 aliphatic carbocycles. The van der Waals surface area contributed by atoms with Crippen LogP contribution < -0.4 is 4.74 Å². The average molecular weight is 289 g/mol. The summed E-state index contributed by atoms with van der Waals surface area (Å²) in [6.45, 7) is -2.40. The molecule has 0 aliphatic heterocycles. The second-order valence-electron chi connectivity index (χ2n) is 3.23. The molecule has 0 fully saturated rings. The minimum absolute atomic E-state index is 0.700. The van der Waals surface area contributed by atoms with Crippen LogP contribution in [0.15, 0.2) is 12.1 Å². The van der Waals surface area contributed by atoms with E-state index in [0.29, 0.717) is 0 Å². The second-order valence-corrected chi connectivity index (χ2v) is 3.61. The Morgan fingerprint density at radius 3 is 2.28 bits per heavy atom. The van der Waals surface area contributed by atoms with Crippen molar-refractivity contribution in [1.82, 2.24) is 0 Å². The molecule has 18 heavy (non-hydrogen) atoms. The second kappa shape index (κ2) is 5.09. The van der Waals surface area contributed by atoms with Gasteiger partial charge in [-0.2, -0.15) is 22.0 Å². The van der Waals surface area contributed by atoms with Crippen molar-refractivity contribution in [3.63, 3.8) is 0 Å². The third-order valence-corrected chi connectivity index (χ3v) is 2.36. The first kappa shape index (κ1) is 14.7. The molecule has 100 valence electrons. The van der Waals surface area contributed by atoms with Gasteiger partial charge in [-0.05, 0) is 19.1 Å². The van der Waals surface area contributed by atoms with Crippen molar-refractivity contribution in [2.24, 2.45) is 0 Å². The van der Waals surface area contributed by atoms with E-state index in [1.54, 1.807) is 0 Å². The van der Waals surface area contributed by atoms with Crippen LogP contribution in [-0.2, 0) is 6.18 Å². The summed E-state index contributed by atoms with van der Waals surface area (Å²) in [4.78, 5) is 11.1. The van der Waals surface area contributed by atoms with Crippen LogP contribution in [0.4, 0.5) is 22.0 Å². The number of hydrogen-bond donors (Lipinski definition) is 0. The van der Waals surface area contributed by atoms with Crippen molar-refractivity contribution in [2.45, 2.75) is 19.7 Å². The van der Waals surface area contributed by atoms with E-state index >= 15 is 0 Å². The van der Waals surface area contributed by atoms with Crippen molar-refractivity contribution in [1.29, 1.82) is 0 Å². The zero-order chi connectivity index (χ0) is 14.1. The molecule has 0 N–H and O–H groups in total. The molecule has 0 radical (unpaired) electrons. The highest BCUT2D eigenvalue weighted by Gasteiger charge is 2.38. The Kier molecular flexibility index (Phi) is 4.16. The van der Waals surface area contributed by atoms with E-state index in [0.717, 1.165) is 19.1 Å². The van der Waals surface area contributed by atoms with Crippen molar-refractivity contribution >= 4 is 17.4 Å². The summed E-state index contributed by atoms with van der Waals surface area (Å²) in [5.74, 6) is -1.71. The largest absolute Gasteiger partial charge is 0.433 e. The number of alkyl halides is 5. The van der Waals surface area contributed by atoms with Gasteiger partial charge in [0, 0.05) is 5.56 Å². The fourth-order valence-corrected chi connectivity index (χ4v) is 1.63. The van der Waals surface area contributed by atoms with Gasteiger partial charge in [-0.25, -0.2) is 0 Å².